The summed E-state index contributed by atoms with van der Waals surface area (Å²) in [6, 6.07) is 19.9. The van der Waals surface area contributed by atoms with Crippen LogP contribution in [0.2, 0.25) is 11.6 Å². The third kappa shape index (κ3) is 2.59. The zero-order chi connectivity index (χ0) is 16.6. The fraction of sp³-hybridized carbons (Fsp3) is 0.348. The van der Waals surface area contributed by atoms with Crippen LogP contribution in [-0.4, -0.2) is 11.7 Å². The highest BCUT2D eigenvalue weighted by Crippen LogP contribution is 2.47. The molecule has 0 aliphatic carbocycles. The molecule has 2 fully saturated rings. The van der Waals surface area contributed by atoms with Gasteiger partial charge in [-0.25, -0.2) is 0 Å². The van der Waals surface area contributed by atoms with E-state index in [1.165, 1.54) is 54.9 Å². The summed E-state index contributed by atoms with van der Waals surface area (Å²) >= 11 is 0. The molecule has 0 spiro atoms. The highest BCUT2D eigenvalue weighted by Gasteiger charge is 2.41. The van der Waals surface area contributed by atoms with E-state index in [-0.39, 0.29) is 0 Å². The minimum absolute atomic E-state index is 0.726. The molecule has 3 heterocycles. The van der Waals surface area contributed by atoms with Crippen molar-refractivity contribution < 1.29 is 0 Å². The maximum Gasteiger partial charge on any atom is 0.183 e. The molecule has 2 saturated heterocycles. The van der Waals surface area contributed by atoms with Crippen LogP contribution < -0.4 is 5.46 Å². The molecule has 5 rings (SSSR count). The number of pyridine rings is 1. The van der Waals surface area contributed by atoms with Crippen LogP contribution >= 0.6 is 0 Å². The van der Waals surface area contributed by atoms with Gasteiger partial charge in [0.2, 0.25) is 0 Å². The zero-order valence-electron chi connectivity index (χ0n) is 14.7. The van der Waals surface area contributed by atoms with Gasteiger partial charge in [-0.1, -0.05) is 98.1 Å². The van der Waals surface area contributed by atoms with Gasteiger partial charge in [0.1, 0.15) is 0 Å². The largest absolute Gasteiger partial charge is 0.256 e. The Morgan fingerprint density at radius 2 is 1.48 bits per heavy atom. The van der Waals surface area contributed by atoms with Crippen molar-refractivity contribution in [1.82, 2.24) is 4.98 Å². The van der Waals surface area contributed by atoms with Crippen molar-refractivity contribution >= 4 is 22.9 Å². The molecule has 2 aromatic carbocycles. The van der Waals surface area contributed by atoms with Crippen molar-refractivity contribution in [2.75, 3.05) is 0 Å². The van der Waals surface area contributed by atoms with E-state index < -0.39 is 0 Å². The monoisotopic (exact) mass is 325 g/mol. The van der Waals surface area contributed by atoms with Crippen molar-refractivity contribution in [3.8, 4) is 11.3 Å². The molecule has 25 heavy (non-hydrogen) atoms. The predicted octanol–water partition coefficient (Wildman–Crippen LogP) is 5.71. The van der Waals surface area contributed by atoms with Crippen molar-refractivity contribution in [1.29, 1.82) is 0 Å². The van der Waals surface area contributed by atoms with E-state index in [1.54, 1.807) is 5.46 Å². The normalized spacial score (nSPS) is 23.0. The average Bonchev–Trinajstić information content (AvgIpc) is 2.67. The molecule has 124 valence electrons. The Hall–Kier alpha value is -2.09. The first-order valence-corrected chi connectivity index (χ1v) is 9.85. The van der Waals surface area contributed by atoms with Gasteiger partial charge in [0.25, 0.3) is 0 Å². The first kappa shape index (κ1) is 15.2. The molecule has 0 N–H and O–H groups in total. The third-order valence-electron chi connectivity index (χ3n) is 6.56. The van der Waals surface area contributed by atoms with Crippen molar-refractivity contribution in [2.24, 2.45) is 0 Å². The van der Waals surface area contributed by atoms with Crippen LogP contribution in [0.25, 0.3) is 22.0 Å². The van der Waals surface area contributed by atoms with Gasteiger partial charge in [0.15, 0.2) is 6.71 Å². The molecule has 0 radical (unpaired) electrons. The molecule has 2 aliphatic rings. The van der Waals surface area contributed by atoms with E-state index >= 15 is 0 Å². The van der Waals surface area contributed by atoms with Crippen LogP contribution in [0.3, 0.4) is 0 Å². The Morgan fingerprint density at radius 3 is 2.20 bits per heavy atom. The SMILES string of the molecule is c1ccc(-c2c(B3C4CCCC3CCC4)ccc3ccccc23)nc1. The number of rotatable bonds is 2. The summed E-state index contributed by atoms with van der Waals surface area (Å²) in [4.78, 5) is 4.75. The predicted molar refractivity (Wildman–Crippen MR) is 108 cm³/mol. The molecular formula is C23H24BN. The average molecular weight is 325 g/mol. The summed E-state index contributed by atoms with van der Waals surface area (Å²) < 4.78 is 0. The smallest absolute Gasteiger partial charge is 0.183 e. The maximum absolute atomic E-state index is 4.75. The lowest BCUT2D eigenvalue weighted by atomic mass is 9.24. The molecule has 2 heteroatoms. The van der Waals surface area contributed by atoms with Gasteiger partial charge in [0, 0.05) is 11.8 Å². The lowest BCUT2D eigenvalue weighted by Gasteiger charge is -2.41. The van der Waals surface area contributed by atoms with Gasteiger partial charge in [-0.2, -0.15) is 0 Å². The molecule has 3 aromatic rings. The first-order valence-electron chi connectivity index (χ1n) is 9.85. The second-order valence-electron chi connectivity index (χ2n) is 7.87. The first-order chi connectivity index (χ1) is 12.4. The number of nitrogens with zero attached hydrogens (tertiary/aromatic N) is 1. The van der Waals surface area contributed by atoms with Gasteiger partial charge in [-0.15, -0.1) is 0 Å². The van der Waals surface area contributed by atoms with Gasteiger partial charge in [-0.05, 0) is 22.9 Å². The van der Waals surface area contributed by atoms with Crippen LogP contribution in [-0.2, 0) is 0 Å². The summed E-state index contributed by atoms with van der Waals surface area (Å²) in [5.74, 6) is 1.74. The Balaban J connectivity index is 1.75. The molecule has 0 saturated carbocycles. The molecule has 1 aromatic heterocycles. The summed E-state index contributed by atoms with van der Waals surface area (Å²) in [7, 11) is 0. The second kappa shape index (κ2) is 6.33. The minimum Gasteiger partial charge on any atom is -0.256 e. The van der Waals surface area contributed by atoms with Crippen LogP contribution in [0.15, 0.2) is 60.8 Å². The van der Waals surface area contributed by atoms with Crippen molar-refractivity contribution in [3.63, 3.8) is 0 Å². The molecule has 0 unspecified atom stereocenters. The van der Waals surface area contributed by atoms with E-state index in [4.69, 9.17) is 4.98 Å². The van der Waals surface area contributed by atoms with E-state index in [0.717, 1.165) is 24.0 Å². The summed E-state index contributed by atoms with van der Waals surface area (Å²) in [6.07, 6.45) is 10.4. The van der Waals surface area contributed by atoms with Crippen LogP contribution in [0, 0.1) is 0 Å². The molecular weight excluding hydrogens is 301 g/mol. The molecule has 2 bridgehead atoms. The van der Waals surface area contributed by atoms with Crippen LogP contribution in [0.5, 0.6) is 0 Å². The summed E-state index contributed by atoms with van der Waals surface area (Å²) in [6.45, 7) is 0.726. The topological polar surface area (TPSA) is 12.9 Å². The Labute approximate surface area is 150 Å². The highest BCUT2D eigenvalue weighted by molar-refractivity contribution is 6.77. The highest BCUT2D eigenvalue weighted by atomic mass is 14.7. The molecule has 1 nitrogen and oxygen atoms in total. The number of hydrogen-bond acceptors (Lipinski definition) is 1. The third-order valence-corrected chi connectivity index (χ3v) is 6.56. The Kier molecular flexibility index (Phi) is 3.85. The van der Waals surface area contributed by atoms with Crippen molar-refractivity contribution in [3.05, 3.63) is 60.8 Å². The second-order valence-corrected chi connectivity index (χ2v) is 7.87. The van der Waals surface area contributed by atoms with Crippen LogP contribution in [0.4, 0.5) is 0 Å². The summed E-state index contributed by atoms with van der Waals surface area (Å²) in [5, 5.41) is 2.69. The number of benzene rings is 2. The Morgan fingerprint density at radius 1 is 0.760 bits per heavy atom. The van der Waals surface area contributed by atoms with Gasteiger partial charge in [0.05, 0.1) is 5.69 Å². The zero-order valence-corrected chi connectivity index (χ0v) is 14.7. The summed E-state index contributed by atoms with van der Waals surface area (Å²) in [5.41, 5.74) is 4.09. The Bertz CT molecular complexity index is 867. The van der Waals surface area contributed by atoms with Gasteiger partial charge < -0.3 is 0 Å². The van der Waals surface area contributed by atoms with E-state index in [0.29, 0.717) is 0 Å². The van der Waals surface area contributed by atoms with Crippen molar-refractivity contribution in [2.45, 2.75) is 50.2 Å². The molecule has 2 aliphatic heterocycles. The van der Waals surface area contributed by atoms with Gasteiger partial charge in [-0.3, -0.25) is 4.98 Å². The lowest BCUT2D eigenvalue weighted by Crippen LogP contribution is -2.45. The lowest BCUT2D eigenvalue weighted by molar-refractivity contribution is 0.448. The fourth-order valence-corrected chi connectivity index (χ4v) is 5.55. The molecule has 0 atom stereocenters. The number of aromatic nitrogens is 1. The number of hydrogen-bond donors (Lipinski definition) is 0. The van der Waals surface area contributed by atoms with E-state index in [1.807, 2.05) is 12.3 Å². The van der Waals surface area contributed by atoms with Crippen LogP contribution in [0.1, 0.15) is 38.5 Å². The quantitative estimate of drug-likeness (QED) is 0.550. The fourth-order valence-electron chi connectivity index (χ4n) is 5.55. The van der Waals surface area contributed by atoms with E-state index in [2.05, 4.69) is 48.5 Å². The van der Waals surface area contributed by atoms with E-state index in [9.17, 15) is 0 Å². The maximum atomic E-state index is 4.75. The number of fused-ring (bicyclic) bond motifs is 3. The van der Waals surface area contributed by atoms with Gasteiger partial charge >= 0.3 is 0 Å². The standard InChI is InChI=1S/C23H24BN/c1-2-12-20-17(7-1)14-15-21(23(20)22-13-3-4-16-25-22)24-18-8-5-9-19(24)11-6-10-18/h1-4,7,12-16,18-19H,5-6,8-11H2. The molecule has 0 amide bonds. The minimum atomic E-state index is 0.726.